The van der Waals surface area contributed by atoms with Crippen LogP contribution in [0.1, 0.15) is 5.56 Å². The summed E-state index contributed by atoms with van der Waals surface area (Å²) in [6.45, 7) is 0.827. The Bertz CT molecular complexity index is 349. The number of carbonyl (C=O) groups excluding carboxylic acids is 1. The Hall–Kier alpha value is -1.07. The van der Waals surface area contributed by atoms with Crippen LogP contribution in [0.4, 0.5) is 0 Å². The van der Waals surface area contributed by atoms with Gasteiger partial charge in [0.25, 0.3) is 0 Å². The number of pyridine rings is 1. The van der Waals surface area contributed by atoms with E-state index in [1.54, 1.807) is 24.2 Å². The van der Waals surface area contributed by atoms with E-state index in [2.05, 4.69) is 10.3 Å². The summed E-state index contributed by atoms with van der Waals surface area (Å²) in [6, 6.07) is 3.82. The van der Waals surface area contributed by atoms with Crippen LogP contribution in [0.2, 0.25) is 0 Å². The van der Waals surface area contributed by atoms with Crippen LogP contribution >= 0.6 is 11.8 Å². The molecule has 0 aromatic carbocycles. The number of hydrogen-bond acceptors (Lipinski definition) is 4. The normalized spacial score (nSPS) is 25.3. The van der Waals surface area contributed by atoms with Gasteiger partial charge in [-0.05, 0) is 11.6 Å². The Morgan fingerprint density at radius 1 is 1.73 bits per heavy atom. The molecule has 5 heteroatoms. The zero-order valence-electron chi connectivity index (χ0n) is 8.27. The van der Waals surface area contributed by atoms with E-state index in [4.69, 9.17) is 5.73 Å². The average Bonchev–Trinajstić information content (AvgIpc) is 2.69. The highest BCUT2D eigenvalue weighted by atomic mass is 32.2. The Morgan fingerprint density at radius 3 is 3.13 bits per heavy atom. The molecular formula is C10H13N3OS. The summed E-state index contributed by atoms with van der Waals surface area (Å²) in [6.07, 6.45) is 4.09. The smallest absolute Gasteiger partial charge is 0.248 e. The second-order valence-corrected chi connectivity index (χ2v) is 4.90. The van der Waals surface area contributed by atoms with Crippen LogP contribution in [0, 0.1) is 0 Å². The molecule has 0 bridgehead atoms. The van der Waals surface area contributed by atoms with E-state index in [1.807, 2.05) is 12.1 Å². The fourth-order valence-electron chi connectivity index (χ4n) is 1.68. The van der Waals surface area contributed by atoms with Crippen molar-refractivity contribution < 1.29 is 4.79 Å². The monoisotopic (exact) mass is 223 g/mol. The molecule has 1 aromatic heterocycles. The molecule has 0 aliphatic carbocycles. The van der Waals surface area contributed by atoms with Crippen molar-refractivity contribution in [1.29, 1.82) is 0 Å². The van der Waals surface area contributed by atoms with E-state index in [-0.39, 0.29) is 5.91 Å². The predicted octanol–water partition coefficient (Wildman–Crippen LogP) is 0.142. The SMILES string of the molecule is NC(=O)C1(Cc2cccnc2)NCCS1. The van der Waals surface area contributed by atoms with Crippen molar-refractivity contribution in [2.24, 2.45) is 5.73 Å². The molecule has 1 fully saturated rings. The third-order valence-corrected chi connectivity index (χ3v) is 3.83. The van der Waals surface area contributed by atoms with Gasteiger partial charge in [-0.1, -0.05) is 6.07 Å². The second-order valence-electron chi connectivity index (χ2n) is 3.50. The number of nitrogens with one attached hydrogen (secondary N) is 1. The lowest BCUT2D eigenvalue weighted by Crippen LogP contribution is -2.51. The summed E-state index contributed by atoms with van der Waals surface area (Å²) in [4.78, 5) is 14.8. The van der Waals surface area contributed by atoms with Crippen LogP contribution in [-0.4, -0.2) is 28.1 Å². The number of primary amides is 1. The van der Waals surface area contributed by atoms with Crippen LogP contribution in [0.5, 0.6) is 0 Å². The summed E-state index contributed by atoms with van der Waals surface area (Å²) in [5, 5.41) is 3.18. The summed E-state index contributed by atoms with van der Waals surface area (Å²) in [5.74, 6) is 0.622. The minimum absolute atomic E-state index is 0.297. The third kappa shape index (κ3) is 2.13. The number of rotatable bonds is 3. The van der Waals surface area contributed by atoms with Crippen molar-refractivity contribution in [3.63, 3.8) is 0 Å². The first-order chi connectivity index (χ1) is 7.23. The van der Waals surface area contributed by atoms with Gasteiger partial charge in [-0.3, -0.25) is 15.1 Å². The van der Waals surface area contributed by atoms with Crippen LogP contribution in [0.15, 0.2) is 24.5 Å². The molecule has 4 nitrogen and oxygen atoms in total. The van der Waals surface area contributed by atoms with Gasteiger partial charge in [0.15, 0.2) is 0 Å². The highest BCUT2D eigenvalue weighted by Crippen LogP contribution is 2.30. The molecule has 0 radical (unpaired) electrons. The molecule has 0 spiro atoms. The van der Waals surface area contributed by atoms with Crippen molar-refractivity contribution in [3.8, 4) is 0 Å². The van der Waals surface area contributed by atoms with E-state index >= 15 is 0 Å². The minimum atomic E-state index is -0.636. The number of hydrogen-bond donors (Lipinski definition) is 2. The Labute approximate surface area is 92.6 Å². The summed E-state index contributed by atoms with van der Waals surface area (Å²) < 4.78 is 0. The van der Waals surface area contributed by atoms with Crippen molar-refractivity contribution in [1.82, 2.24) is 10.3 Å². The van der Waals surface area contributed by atoms with Crippen LogP contribution in [0.3, 0.4) is 0 Å². The molecule has 3 N–H and O–H groups in total. The maximum absolute atomic E-state index is 11.4. The number of nitrogens with zero attached hydrogens (tertiary/aromatic N) is 1. The quantitative estimate of drug-likeness (QED) is 0.765. The van der Waals surface area contributed by atoms with E-state index in [9.17, 15) is 4.79 Å². The summed E-state index contributed by atoms with van der Waals surface area (Å²) in [7, 11) is 0. The number of thioether (sulfide) groups is 1. The van der Waals surface area contributed by atoms with E-state index < -0.39 is 4.87 Å². The Balaban J connectivity index is 2.18. The molecule has 1 amide bonds. The van der Waals surface area contributed by atoms with Crippen molar-refractivity contribution in [2.45, 2.75) is 11.3 Å². The number of aromatic nitrogens is 1. The molecule has 1 unspecified atom stereocenters. The molecule has 1 aliphatic heterocycles. The molecule has 15 heavy (non-hydrogen) atoms. The highest BCUT2D eigenvalue weighted by molar-refractivity contribution is 8.01. The fourth-order valence-corrected chi connectivity index (χ4v) is 2.85. The highest BCUT2D eigenvalue weighted by Gasteiger charge is 2.40. The van der Waals surface area contributed by atoms with Gasteiger partial charge in [0, 0.05) is 31.1 Å². The molecule has 1 atom stereocenters. The molecular weight excluding hydrogens is 210 g/mol. The van der Waals surface area contributed by atoms with Crippen LogP contribution in [0.25, 0.3) is 0 Å². The average molecular weight is 223 g/mol. The van der Waals surface area contributed by atoms with Gasteiger partial charge in [-0.25, -0.2) is 0 Å². The largest absolute Gasteiger partial charge is 0.367 e. The van der Waals surface area contributed by atoms with Gasteiger partial charge in [0.1, 0.15) is 4.87 Å². The maximum atomic E-state index is 11.4. The van der Waals surface area contributed by atoms with Gasteiger partial charge >= 0.3 is 0 Å². The number of amides is 1. The van der Waals surface area contributed by atoms with Crippen LogP contribution in [-0.2, 0) is 11.2 Å². The molecule has 1 saturated heterocycles. The first kappa shape index (κ1) is 10.4. The van der Waals surface area contributed by atoms with Crippen molar-refractivity contribution in [3.05, 3.63) is 30.1 Å². The first-order valence-corrected chi connectivity index (χ1v) is 5.79. The van der Waals surface area contributed by atoms with Gasteiger partial charge in [0.05, 0.1) is 0 Å². The molecule has 80 valence electrons. The zero-order chi connectivity index (χ0) is 10.7. The lowest BCUT2D eigenvalue weighted by Gasteiger charge is -2.24. The predicted molar refractivity (Wildman–Crippen MR) is 60.3 cm³/mol. The standard InChI is InChI=1S/C10H13N3OS/c11-9(14)10(13-4-5-15-10)6-8-2-1-3-12-7-8/h1-3,7,13H,4-6H2,(H2,11,14). The van der Waals surface area contributed by atoms with Gasteiger partial charge < -0.3 is 5.73 Å². The topological polar surface area (TPSA) is 68.0 Å². The maximum Gasteiger partial charge on any atom is 0.248 e. The molecule has 1 aromatic rings. The van der Waals surface area contributed by atoms with Crippen molar-refractivity contribution >= 4 is 17.7 Å². The van der Waals surface area contributed by atoms with Gasteiger partial charge in [0.2, 0.25) is 5.91 Å². The molecule has 0 saturated carbocycles. The van der Waals surface area contributed by atoms with E-state index in [0.717, 1.165) is 17.9 Å². The molecule has 2 heterocycles. The minimum Gasteiger partial charge on any atom is -0.367 e. The first-order valence-electron chi connectivity index (χ1n) is 4.81. The number of carbonyl (C=O) groups is 1. The van der Waals surface area contributed by atoms with Gasteiger partial charge in [-0.15, -0.1) is 11.8 Å². The van der Waals surface area contributed by atoms with Gasteiger partial charge in [-0.2, -0.15) is 0 Å². The summed E-state index contributed by atoms with van der Waals surface area (Å²) in [5.41, 5.74) is 6.46. The third-order valence-electron chi connectivity index (χ3n) is 2.43. The summed E-state index contributed by atoms with van der Waals surface area (Å²) >= 11 is 1.58. The van der Waals surface area contributed by atoms with E-state index in [0.29, 0.717) is 6.42 Å². The van der Waals surface area contributed by atoms with E-state index in [1.165, 1.54) is 0 Å². The van der Waals surface area contributed by atoms with Crippen LogP contribution < -0.4 is 11.1 Å². The molecule has 2 rings (SSSR count). The second kappa shape index (κ2) is 4.20. The fraction of sp³-hybridized carbons (Fsp3) is 0.400. The lowest BCUT2D eigenvalue weighted by atomic mass is 10.1. The zero-order valence-corrected chi connectivity index (χ0v) is 9.09. The molecule has 1 aliphatic rings. The lowest BCUT2D eigenvalue weighted by molar-refractivity contribution is -0.120. The Morgan fingerprint density at radius 2 is 2.60 bits per heavy atom. The Kier molecular flexibility index (Phi) is 2.93. The number of nitrogens with two attached hydrogens (primary N) is 1. The van der Waals surface area contributed by atoms with Crippen molar-refractivity contribution in [2.75, 3.05) is 12.3 Å².